The van der Waals surface area contributed by atoms with Crippen LogP contribution in [0.15, 0.2) is 23.1 Å². The molecule has 0 amide bonds. The quantitative estimate of drug-likeness (QED) is 0.809. The summed E-state index contributed by atoms with van der Waals surface area (Å²) in [6.07, 6.45) is 4.27. The van der Waals surface area contributed by atoms with Gasteiger partial charge in [-0.3, -0.25) is 0 Å². The molecular weight excluding hydrogens is 254 g/mol. The summed E-state index contributed by atoms with van der Waals surface area (Å²) >= 11 is 0. The maximum Gasteiger partial charge on any atom is 0.155 e. The fourth-order valence-corrected chi connectivity index (χ4v) is 1.97. The van der Waals surface area contributed by atoms with E-state index in [9.17, 15) is 0 Å². The Morgan fingerprint density at radius 3 is 2.55 bits per heavy atom. The first-order valence-electron chi connectivity index (χ1n) is 6.94. The summed E-state index contributed by atoms with van der Waals surface area (Å²) in [5.41, 5.74) is 1.10. The molecule has 2 N–H and O–H groups in total. The number of nitrogens with one attached hydrogen (secondary N) is 2. The number of hydrogen-bond donors (Lipinski definition) is 2. The summed E-state index contributed by atoms with van der Waals surface area (Å²) in [6.45, 7) is 7.86. The SMILES string of the molecule is CCCNc1ncnc(NCc2ccno2)c1C(C)C. The Balaban J connectivity index is 2.17. The lowest BCUT2D eigenvalue weighted by atomic mass is 10.0. The van der Waals surface area contributed by atoms with Crippen molar-refractivity contribution in [1.29, 1.82) is 0 Å². The summed E-state index contributed by atoms with van der Waals surface area (Å²) in [5.74, 6) is 2.84. The van der Waals surface area contributed by atoms with Gasteiger partial charge < -0.3 is 15.2 Å². The third-order valence-corrected chi connectivity index (χ3v) is 2.93. The van der Waals surface area contributed by atoms with Crippen molar-refractivity contribution in [2.75, 3.05) is 17.2 Å². The molecule has 0 fully saturated rings. The van der Waals surface area contributed by atoms with E-state index in [1.165, 1.54) is 0 Å². The third-order valence-electron chi connectivity index (χ3n) is 2.93. The fourth-order valence-electron chi connectivity index (χ4n) is 1.97. The van der Waals surface area contributed by atoms with Crippen LogP contribution in [0.2, 0.25) is 0 Å². The van der Waals surface area contributed by atoms with Gasteiger partial charge in [0.2, 0.25) is 0 Å². The van der Waals surface area contributed by atoms with Crippen molar-refractivity contribution >= 4 is 11.6 Å². The predicted octanol–water partition coefficient (Wildman–Crippen LogP) is 3.02. The van der Waals surface area contributed by atoms with E-state index in [0.29, 0.717) is 12.5 Å². The Hall–Kier alpha value is -2.11. The lowest BCUT2D eigenvalue weighted by molar-refractivity contribution is 0.388. The first-order chi connectivity index (χ1) is 9.72. The van der Waals surface area contributed by atoms with Crippen molar-refractivity contribution in [3.63, 3.8) is 0 Å². The van der Waals surface area contributed by atoms with Crippen LogP contribution < -0.4 is 10.6 Å². The minimum atomic E-state index is 0.327. The lowest BCUT2D eigenvalue weighted by Gasteiger charge is -2.17. The van der Waals surface area contributed by atoms with Gasteiger partial charge in [0.15, 0.2) is 5.76 Å². The van der Waals surface area contributed by atoms with E-state index in [1.54, 1.807) is 12.5 Å². The van der Waals surface area contributed by atoms with E-state index in [2.05, 4.69) is 46.5 Å². The van der Waals surface area contributed by atoms with Crippen LogP contribution in [0.3, 0.4) is 0 Å². The zero-order valence-corrected chi connectivity index (χ0v) is 12.2. The standard InChI is InChI=1S/C14H21N5O/c1-4-6-15-13-12(10(2)3)14(18-9-17-13)16-8-11-5-7-19-20-11/h5,7,9-10H,4,6,8H2,1-3H3,(H2,15,16,17,18). The Morgan fingerprint density at radius 1 is 1.20 bits per heavy atom. The van der Waals surface area contributed by atoms with Crippen molar-refractivity contribution in [2.45, 2.75) is 39.7 Å². The molecule has 2 heterocycles. The number of rotatable bonds is 7. The molecule has 0 saturated carbocycles. The normalized spacial score (nSPS) is 10.8. The van der Waals surface area contributed by atoms with Crippen LogP contribution in [-0.2, 0) is 6.54 Å². The molecule has 0 atom stereocenters. The van der Waals surface area contributed by atoms with Crippen LogP contribution in [-0.4, -0.2) is 21.7 Å². The molecule has 0 radical (unpaired) electrons. The smallest absolute Gasteiger partial charge is 0.155 e. The monoisotopic (exact) mass is 275 g/mol. The van der Waals surface area contributed by atoms with Gasteiger partial charge in [-0.05, 0) is 12.3 Å². The summed E-state index contributed by atoms with van der Waals surface area (Å²) in [7, 11) is 0. The molecule has 0 aliphatic heterocycles. The molecule has 2 aromatic rings. The van der Waals surface area contributed by atoms with Crippen molar-refractivity contribution in [2.24, 2.45) is 0 Å². The largest absolute Gasteiger partial charge is 0.370 e. The first kappa shape index (κ1) is 14.3. The van der Waals surface area contributed by atoms with E-state index in [0.717, 1.165) is 35.9 Å². The number of aromatic nitrogens is 3. The summed E-state index contributed by atoms with van der Waals surface area (Å²) in [6, 6.07) is 1.83. The van der Waals surface area contributed by atoms with E-state index in [4.69, 9.17) is 4.52 Å². The molecule has 2 rings (SSSR count). The van der Waals surface area contributed by atoms with Crippen molar-refractivity contribution in [3.8, 4) is 0 Å². The first-order valence-corrected chi connectivity index (χ1v) is 6.94. The van der Waals surface area contributed by atoms with Crippen molar-refractivity contribution in [3.05, 3.63) is 29.9 Å². The zero-order valence-electron chi connectivity index (χ0n) is 12.2. The van der Waals surface area contributed by atoms with Gasteiger partial charge in [0.25, 0.3) is 0 Å². The second-order valence-corrected chi connectivity index (χ2v) is 4.90. The van der Waals surface area contributed by atoms with Gasteiger partial charge in [-0.15, -0.1) is 0 Å². The zero-order chi connectivity index (χ0) is 14.4. The molecule has 0 aromatic carbocycles. The van der Waals surface area contributed by atoms with Gasteiger partial charge in [-0.1, -0.05) is 25.9 Å². The Bertz CT molecular complexity index is 524. The highest BCUT2D eigenvalue weighted by Crippen LogP contribution is 2.28. The van der Waals surface area contributed by atoms with E-state index in [-0.39, 0.29) is 0 Å². The molecule has 0 aliphatic rings. The average Bonchev–Trinajstić information content (AvgIpc) is 2.95. The highest BCUT2D eigenvalue weighted by molar-refractivity contribution is 5.59. The molecule has 0 spiro atoms. The second kappa shape index (κ2) is 6.88. The topological polar surface area (TPSA) is 75.9 Å². The Labute approximate surface area is 119 Å². The van der Waals surface area contributed by atoms with Gasteiger partial charge in [-0.25, -0.2) is 9.97 Å². The minimum Gasteiger partial charge on any atom is -0.370 e. The third kappa shape index (κ3) is 3.46. The Kier molecular flexibility index (Phi) is 4.92. The van der Waals surface area contributed by atoms with E-state index < -0.39 is 0 Å². The van der Waals surface area contributed by atoms with Crippen LogP contribution >= 0.6 is 0 Å². The van der Waals surface area contributed by atoms with E-state index >= 15 is 0 Å². The van der Waals surface area contributed by atoms with Gasteiger partial charge >= 0.3 is 0 Å². The average molecular weight is 275 g/mol. The fraction of sp³-hybridized carbons (Fsp3) is 0.500. The molecule has 6 heteroatoms. The highest BCUT2D eigenvalue weighted by Gasteiger charge is 2.14. The number of anilines is 2. The molecule has 2 aromatic heterocycles. The van der Waals surface area contributed by atoms with E-state index in [1.807, 2.05) is 6.07 Å². The Morgan fingerprint density at radius 2 is 1.95 bits per heavy atom. The van der Waals surface area contributed by atoms with Crippen LogP contribution in [0, 0.1) is 0 Å². The molecule has 20 heavy (non-hydrogen) atoms. The molecule has 0 aliphatic carbocycles. The van der Waals surface area contributed by atoms with Gasteiger partial charge in [-0.2, -0.15) is 0 Å². The summed E-state index contributed by atoms with van der Waals surface area (Å²) < 4.78 is 5.08. The molecule has 0 unspecified atom stereocenters. The maximum atomic E-state index is 5.08. The van der Waals surface area contributed by atoms with Crippen LogP contribution in [0.25, 0.3) is 0 Å². The molecule has 6 nitrogen and oxygen atoms in total. The minimum absolute atomic E-state index is 0.327. The maximum absolute atomic E-state index is 5.08. The van der Waals surface area contributed by atoms with Crippen molar-refractivity contribution in [1.82, 2.24) is 15.1 Å². The summed E-state index contributed by atoms with van der Waals surface area (Å²) in [5, 5.41) is 10.3. The van der Waals surface area contributed by atoms with Gasteiger partial charge in [0, 0.05) is 18.2 Å². The van der Waals surface area contributed by atoms with Crippen molar-refractivity contribution < 1.29 is 4.52 Å². The number of nitrogens with zero attached hydrogens (tertiary/aromatic N) is 3. The van der Waals surface area contributed by atoms with Gasteiger partial charge in [0.1, 0.15) is 18.0 Å². The molecule has 0 saturated heterocycles. The second-order valence-electron chi connectivity index (χ2n) is 4.90. The van der Waals surface area contributed by atoms with Crippen LogP contribution in [0.5, 0.6) is 0 Å². The summed E-state index contributed by atoms with van der Waals surface area (Å²) in [4.78, 5) is 8.69. The highest BCUT2D eigenvalue weighted by atomic mass is 16.5. The lowest BCUT2D eigenvalue weighted by Crippen LogP contribution is -2.11. The van der Waals surface area contributed by atoms with Crippen LogP contribution in [0.1, 0.15) is 44.4 Å². The van der Waals surface area contributed by atoms with Crippen LogP contribution in [0.4, 0.5) is 11.6 Å². The molecule has 0 bridgehead atoms. The molecule has 108 valence electrons. The predicted molar refractivity (Wildman–Crippen MR) is 78.7 cm³/mol. The molecular formula is C14H21N5O. The van der Waals surface area contributed by atoms with Gasteiger partial charge in [0.05, 0.1) is 12.7 Å². The number of hydrogen-bond acceptors (Lipinski definition) is 6.